The third kappa shape index (κ3) is 2.81. The molecule has 0 aliphatic carbocycles. The molecule has 1 aromatic carbocycles. The number of hydrogen-bond acceptors (Lipinski definition) is 4. The van der Waals surface area contributed by atoms with E-state index in [-0.39, 0.29) is 23.1 Å². The van der Waals surface area contributed by atoms with Crippen molar-refractivity contribution in [1.82, 2.24) is 9.88 Å². The lowest BCUT2D eigenvalue weighted by Gasteiger charge is -2.36. The van der Waals surface area contributed by atoms with Crippen molar-refractivity contribution in [3.63, 3.8) is 0 Å². The number of nitrogens with zero attached hydrogens (tertiary/aromatic N) is 2. The average Bonchev–Trinajstić information content (AvgIpc) is 2.66. The molecule has 3 heterocycles. The van der Waals surface area contributed by atoms with Gasteiger partial charge in [0.25, 0.3) is 5.91 Å². The molecule has 1 atom stereocenters. The fourth-order valence-electron chi connectivity index (χ4n) is 4.36. The van der Waals surface area contributed by atoms with Gasteiger partial charge in [0.05, 0.1) is 17.3 Å². The number of aryl methyl sites for hydroxylation is 1. The van der Waals surface area contributed by atoms with Gasteiger partial charge in [0.15, 0.2) is 0 Å². The van der Waals surface area contributed by atoms with Crippen molar-refractivity contribution in [3.05, 3.63) is 39.4 Å². The predicted molar refractivity (Wildman–Crippen MR) is 102 cm³/mol. The first-order chi connectivity index (χ1) is 12.9. The second kappa shape index (κ2) is 6.64. The number of nitrogens with one attached hydrogen (secondary N) is 1. The van der Waals surface area contributed by atoms with Crippen molar-refractivity contribution in [2.24, 2.45) is 0 Å². The van der Waals surface area contributed by atoms with Gasteiger partial charge in [-0.25, -0.2) is 4.39 Å². The Labute approximate surface area is 156 Å². The van der Waals surface area contributed by atoms with Crippen LogP contribution in [0.3, 0.4) is 0 Å². The third-order valence-electron chi connectivity index (χ3n) is 5.88. The van der Waals surface area contributed by atoms with E-state index in [1.807, 2.05) is 16.4 Å². The Morgan fingerprint density at radius 2 is 2.00 bits per heavy atom. The van der Waals surface area contributed by atoms with E-state index in [1.54, 1.807) is 6.20 Å². The average molecular weight is 373 g/mol. The van der Waals surface area contributed by atoms with Gasteiger partial charge in [-0.1, -0.05) is 0 Å². The van der Waals surface area contributed by atoms with Gasteiger partial charge >= 0.3 is 0 Å². The summed E-state index contributed by atoms with van der Waals surface area (Å²) in [5.74, 6) is -0.888. The maximum Gasteiger partial charge on any atom is 0.256 e. The SMILES string of the molecule is CNC(=O)c1cn2c3c(c(N4CCC(O)CC4)c(F)cc3c1=O)CC[C@@H]2C. The quantitative estimate of drug-likeness (QED) is 0.844. The zero-order valence-corrected chi connectivity index (χ0v) is 15.6. The molecule has 27 heavy (non-hydrogen) atoms. The van der Waals surface area contributed by atoms with E-state index < -0.39 is 17.2 Å². The van der Waals surface area contributed by atoms with E-state index in [9.17, 15) is 14.7 Å². The summed E-state index contributed by atoms with van der Waals surface area (Å²) in [5, 5.41) is 12.5. The van der Waals surface area contributed by atoms with Crippen LogP contribution in [0.1, 0.15) is 48.1 Å². The van der Waals surface area contributed by atoms with E-state index in [4.69, 9.17) is 0 Å². The van der Waals surface area contributed by atoms with Crippen LogP contribution in [-0.4, -0.2) is 41.8 Å². The highest BCUT2D eigenvalue weighted by Crippen LogP contribution is 2.38. The van der Waals surface area contributed by atoms with Crippen molar-refractivity contribution in [1.29, 1.82) is 0 Å². The molecular weight excluding hydrogens is 349 g/mol. The molecule has 1 fully saturated rings. The van der Waals surface area contributed by atoms with Crippen LogP contribution >= 0.6 is 0 Å². The summed E-state index contributed by atoms with van der Waals surface area (Å²) in [6.07, 6.45) is 3.98. The fraction of sp³-hybridized carbons (Fsp3) is 0.500. The van der Waals surface area contributed by atoms with Crippen molar-refractivity contribution >= 4 is 22.5 Å². The van der Waals surface area contributed by atoms with E-state index in [0.29, 0.717) is 38.0 Å². The molecule has 2 aromatic rings. The number of carbonyl (C=O) groups is 1. The topological polar surface area (TPSA) is 74.6 Å². The van der Waals surface area contributed by atoms with Gasteiger partial charge in [0, 0.05) is 43.3 Å². The number of carbonyl (C=O) groups excluding carboxylic acids is 1. The molecule has 2 aliphatic rings. The second-order valence-corrected chi connectivity index (χ2v) is 7.55. The lowest BCUT2D eigenvalue weighted by atomic mass is 9.93. The Balaban J connectivity index is 1.99. The Bertz CT molecular complexity index is 977. The number of rotatable bonds is 2. The summed E-state index contributed by atoms with van der Waals surface area (Å²) in [6.45, 7) is 3.22. The number of amides is 1. The molecule has 0 spiro atoms. The van der Waals surface area contributed by atoms with Gasteiger partial charge in [-0.3, -0.25) is 9.59 Å². The molecule has 2 aliphatic heterocycles. The molecule has 0 bridgehead atoms. The van der Waals surface area contributed by atoms with Crippen molar-refractivity contribution in [2.75, 3.05) is 25.0 Å². The predicted octanol–water partition coefficient (Wildman–Crippen LogP) is 1.97. The fourth-order valence-corrected chi connectivity index (χ4v) is 4.36. The first-order valence-electron chi connectivity index (χ1n) is 9.47. The van der Waals surface area contributed by atoms with E-state index in [0.717, 1.165) is 17.5 Å². The maximum absolute atomic E-state index is 15.1. The van der Waals surface area contributed by atoms with Crippen LogP contribution in [0.5, 0.6) is 0 Å². The molecule has 1 amide bonds. The largest absolute Gasteiger partial charge is 0.393 e. The molecule has 0 radical (unpaired) electrons. The molecule has 0 unspecified atom stereocenters. The smallest absolute Gasteiger partial charge is 0.256 e. The number of halogens is 1. The Kier molecular flexibility index (Phi) is 4.42. The van der Waals surface area contributed by atoms with Crippen LogP contribution in [0.2, 0.25) is 0 Å². The number of hydrogen-bond donors (Lipinski definition) is 2. The van der Waals surface area contributed by atoms with Crippen LogP contribution in [0.25, 0.3) is 10.9 Å². The number of aliphatic hydroxyl groups is 1. The third-order valence-corrected chi connectivity index (χ3v) is 5.88. The van der Waals surface area contributed by atoms with E-state index in [1.165, 1.54) is 13.1 Å². The number of anilines is 1. The zero-order valence-electron chi connectivity index (χ0n) is 15.6. The first-order valence-corrected chi connectivity index (χ1v) is 9.47. The van der Waals surface area contributed by atoms with Crippen molar-refractivity contribution in [3.8, 4) is 0 Å². The van der Waals surface area contributed by atoms with Crippen molar-refractivity contribution in [2.45, 2.75) is 44.8 Å². The minimum absolute atomic E-state index is 0.0398. The number of piperidine rings is 1. The van der Waals surface area contributed by atoms with E-state index in [2.05, 4.69) is 5.32 Å². The number of aromatic nitrogens is 1. The minimum atomic E-state index is -0.459. The summed E-state index contributed by atoms with van der Waals surface area (Å²) < 4.78 is 17.1. The Morgan fingerprint density at radius 3 is 2.67 bits per heavy atom. The molecule has 1 aromatic heterocycles. The van der Waals surface area contributed by atoms with Gasteiger partial charge in [-0.15, -0.1) is 0 Å². The molecule has 1 saturated heterocycles. The summed E-state index contributed by atoms with van der Waals surface area (Å²) in [4.78, 5) is 27.0. The Hall–Kier alpha value is -2.41. The summed E-state index contributed by atoms with van der Waals surface area (Å²) in [5.41, 5.74) is 1.71. The molecule has 0 saturated carbocycles. The standard InChI is InChI=1S/C20H24FN3O3/c1-11-3-4-13-17-14(19(26)15(10-24(11)17)20(27)22-2)9-16(21)18(13)23-7-5-12(25)6-8-23/h9-12,25H,3-8H2,1-2H3,(H,22,27)/t11-/m0/s1. The summed E-state index contributed by atoms with van der Waals surface area (Å²) in [6, 6.07) is 1.40. The van der Waals surface area contributed by atoms with Crippen LogP contribution in [0.4, 0.5) is 10.1 Å². The lowest BCUT2D eigenvalue weighted by Crippen LogP contribution is -2.37. The number of benzene rings is 1. The highest BCUT2D eigenvalue weighted by Gasteiger charge is 2.29. The van der Waals surface area contributed by atoms with Gasteiger partial charge < -0.3 is 19.9 Å². The molecule has 2 N–H and O–H groups in total. The number of aliphatic hydroxyl groups excluding tert-OH is 1. The molecule has 144 valence electrons. The first kappa shape index (κ1) is 18.0. The maximum atomic E-state index is 15.1. The molecule has 4 rings (SSSR count). The van der Waals surface area contributed by atoms with Crippen LogP contribution in [0.15, 0.2) is 17.1 Å². The molecule has 6 nitrogen and oxygen atoms in total. The Morgan fingerprint density at radius 1 is 1.30 bits per heavy atom. The zero-order chi connectivity index (χ0) is 19.3. The highest BCUT2D eigenvalue weighted by atomic mass is 19.1. The molecule has 7 heteroatoms. The second-order valence-electron chi connectivity index (χ2n) is 7.55. The van der Waals surface area contributed by atoms with Gasteiger partial charge in [0.1, 0.15) is 11.4 Å². The number of pyridine rings is 1. The highest BCUT2D eigenvalue weighted by molar-refractivity contribution is 5.98. The molecular formula is C20H24FN3O3. The van der Waals surface area contributed by atoms with Crippen LogP contribution in [-0.2, 0) is 6.42 Å². The van der Waals surface area contributed by atoms with Crippen molar-refractivity contribution < 1.29 is 14.3 Å². The summed E-state index contributed by atoms with van der Waals surface area (Å²) in [7, 11) is 1.48. The van der Waals surface area contributed by atoms with Crippen LogP contribution < -0.4 is 15.6 Å². The van der Waals surface area contributed by atoms with Gasteiger partial charge in [-0.2, -0.15) is 0 Å². The van der Waals surface area contributed by atoms with E-state index >= 15 is 4.39 Å². The normalized spacial score (nSPS) is 20.1. The monoisotopic (exact) mass is 373 g/mol. The van der Waals surface area contributed by atoms with Gasteiger partial charge in [-0.05, 0) is 38.7 Å². The van der Waals surface area contributed by atoms with Gasteiger partial charge in [0.2, 0.25) is 5.43 Å². The van der Waals surface area contributed by atoms with Crippen LogP contribution in [0, 0.1) is 5.82 Å². The lowest BCUT2D eigenvalue weighted by molar-refractivity contribution is 0.0961. The summed E-state index contributed by atoms with van der Waals surface area (Å²) >= 11 is 0. The minimum Gasteiger partial charge on any atom is -0.393 e.